The first-order valence-corrected chi connectivity index (χ1v) is 7.67. The molecule has 2 N–H and O–H groups in total. The number of rotatable bonds is 13. The molecule has 0 bridgehead atoms. The molecule has 18 heavy (non-hydrogen) atoms. The Labute approximate surface area is 112 Å². The molecule has 0 aromatic carbocycles. The second-order valence-corrected chi connectivity index (χ2v) is 4.94. The molecule has 108 valence electrons. The molecular weight excluding hydrogens is 226 g/mol. The summed E-state index contributed by atoms with van der Waals surface area (Å²) < 4.78 is 5.19. The van der Waals surface area contributed by atoms with Gasteiger partial charge in [0.05, 0.1) is 6.61 Å². The van der Waals surface area contributed by atoms with Gasteiger partial charge < -0.3 is 10.5 Å². The molecule has 0 aliphatic carbocycles. The van der Waals surface area contributed by atoms with Crippen molar-refractivity contribution in [3.05, 3.63) is 0 Å². The van der Waals surface area contributed by atoms with Gasteiger partial charge in [0.1, 0.15) is 0 Å². The van der Waals surface area contributed by atoms with Crippen LogP contribution in [0.4, 0.5) is 0 Å². The van der Waals surface area contributed by atoms with Gasteiger partial charge in [-0.1, -0.05) is 51.9 Å². The van der Waals surface area contributed by atoms with Gasteiger partial charge in [0.25, 0.3) is 0 Å². The average molecular weight is 257 g/mol. The Kier molecular flexibility index (Phi) is 14.0. The van der Waals surface area contributed by atoms with Crippen molar-refractivity contribution < 1.29 is 9.53 Å². The zero-order valence-electron chi connectivity index (χ0n) is 12.1. The maximum absolute atomic E-state index is 11.4. The number of nitrogens with two attached hydrogens (primary N) is 1. The highest BCUT2D eigenvalue weighted by atomic mass is 16.5. The second kappa shape index (κ2) is 14.5. The van der Waals surface area contributed by atoms with Gasteiger partial charge in [-0.2, -0.15) is 0 Å². The van der Waals surface area contributed by atoms with Gasteiger partial charge in [0.2, 0.25) is 0 Å². The van der Waals surface area contributed by atoms with Crippen molar-refractivity contribution in [1.29, 1.82) is 0 Å². The Bertz CT molecular complexity index is 165. The molecule has 0 saturated carbocycles. The first kappa shape index (κ1) is 17.4. The van der Waals surface area contributed by atoms with Gasteiger partial charge in [-0.3, -0.25) is 4.79 Å². The molecule has 0 heterocycles. The Morgan fingerprint density at radius 1 is 0.889 bits per heavy atom. The third kappa shape index (κ3) is 13.5. The number of hydrogen-bond donors (Lipinski definition) is 1. The molecule has 0 spiro atoms. The molecule has 0 atom stereocenters. The lowest BCUT2D eigenvalue weighted by Gasteiger charge is -2.04. The minimum absolute atomic E-state index is 0.0238. The SMILES string of the molecule is CCCCCCCOC(=O)CCCCCCCN. The highest BCUT2D eigenvalue weighted by Crippen LogP contribution is 2.06. The summed E-state index contributed by atoms with van der Waals surface area (Å²) in [4.78, 5) is 11.4. The van der Waals surface area contributed by atoms with E-state index in [0.717, 1.165) is 32.2 Å². The molecule has 0 fully saturated rings. The molecule has 0 radical (unpaired) electrons. The molecule has 0 aromatic rings. The lowest BCUT2D eigenvalue weighted by atomic mass is 10.1. The summed E-state index contributed by atoms with van der Waals surface area (Å²) in [6.07, 6.45) is 12.1. The fourth-order valence-electron chi connectivity index (χ4n) is 1.91. The highest BCUT2D eigenvalue weighted by Gasteiger charge is 2.02. The first-order valence-electron chi connectivity index (χ1n) is 7.67. The summed E-state index contributed by atoms with van der Waals surface area (Å²) >= 11 is 0. The van der Waals surface area contributed by atoms with Crippen LogP contribution >= 0.6 is 0 Å². The van der Waals surface area contributed by atoms with Gasteiger partial charge in [0.15, 0.2) is 0 Å². The molecule has 0 unspecified atom stereocenters. The summed E-state index contributed by atoms with van der Waals surface area (Å²) in [5.74, 6) is -0.0238. The van der Waals surface area contributed by atoms with Gasteiger partial charge >= 0.3 is 5.97 Å². The summed E-state index contributed by atoms with van der Waals surface area (Å²) in [6.45, 7) is 3.59. The standard InChI is InChI=1S/C15H31NO2/c1-2-3-4-8-11-14-18-15(17)12-9-6-5-7-10-13-16/h2-14,16H2,1H3. The molecular formula is C15H31NO2. The molecule has 0 saturated heterocycles. The van der Waals surface area contributed by atoms with E-state index >= 15 is 0 Å². The molecule has 0 aliphatic rings. The predicted molar refractivity (Wildman–Crippen MR) is 76.5 cm³/mol. The lowest BCUT2D eigenvalue weighted by molar-refractivity contribution is -0.143. The Morgan fingerprint density at radius 3 is 2.22 bits per heavy atom. The van der Waals surface area contributed by atoms with Crippen molar-refractivity contribution in [3.8, 4) is 0 Å². The molecule has 0 aromatic heterocycles. The number of hydrogen-bond acceptors (Lipinski definition) is 3. The topological polar surface area (TPSA) is 52.3 Å². The minimum Gasteiger partial charge on any atom is -0.466 e. The van der Waals surface area contributed by atoms with Crippen LogP contribution in [0.3, 0.4) is 0 Å². The summed E-state index contributed by atoms with van der Waals surface area (Å²) in [6, 6.07) is 0. The van der Waals surface area contributed by atoms with E-state index < -0.39 is 0 Å². The Morgan fingerprint density at radius 2 is 1.50 bits per heavy atom. The van der Waals surface area contributed by atoms with Crippen LogP contribution in [-0.2, 0) is 9.53 Å². The highest BCUT2D eigenvalue weighted by molar-refractivity contribution is 5.69. The first-order chi connectivity index (χ1) is 8.81. The smallest absolute Gasteiger partial charge is 0.305 e. The van der Waals surface area contributed by atoms with E-state index in [9.17, 15) is 4.79 Å². The molecule has 0 aliphatic heterocycles. The summed E-state index contributed by atoms with van der Waals surface area (Å²) in [7, 11) is 0. The molecule has 3 nitrogen and oxygen atoms in total. The van der Waals surface area contributed by atoms with Crippen molar-refractivity contribution in [3.63, 3.8) is 0 Å². The maximum atomic E-state index is 11.4. The van der Waals surface area contributed by atoms with Crippen LogP contribution in [0.25, 0.3) is 0 Å². The van der Waals surface area contributed by atoms with E-state index in [1.165, 1.54) is 38.5 Å². The maximum Gasteiger partial charge on any atom is 0.305 e. The lowest BCUT2D eigenvalue weighted by Crippen LogP contribution is -2.05. The largest absolute Gasteiger partial charge is 0.466 e. The number of carbonyl (C=O) groups is 1. The van der Waals surface area contributed by atoms with Crippen LogP contribution in [0.5, 0.6) is 0 Å². The summed E-state index contributed by atoms with van der Waals surface area (Å²) in [5, 5.41) is 0. The van der Waals surface area contributed by atoms with E-state index in [1.54, 1.807) is 0 Å². The van der Waals surface area contributed by atoms with Crippen LogP contribution < -0.4 is 5.73 Å². The number of carbonyl (C=O) groups excluding carboxylic acids is 1. The van der Waals surface area contributed by atoms with E-state index in [-0.39, 0.29) is 5.97 Å². The van der Waals surface area contributed by atoms with Crippen LogP contribution in [0, 0.1) is 0 Å². The van der Waals surface area contributed by atoms with Crippen LogP contribution in [-0.4, -0.2) is 19.1 Å². The Balaban J connectivity index is 3.12. The average Bonchev–Trinajstić information content (AvgIpc) is 2.38. The van der Waals surface area contributed by atoms with Crippen molar-refractivity contribution in [2.24, 2.45) is 5.73 Å². The monoisotopic (exact) mass is 257 g/mol. The third-order valence-corrected chi connectivity index (χ3v) is 3.10. The van der Waals surface area contributed by atoms with E-state index in [0.29, 0.717) is 13.0 Å². The Hall–Kier alpha value is -0.570. The van der Waals surface area contributed by atoms with Crippen molar-refractivity contribution in [2.45, 2.75) is 77.6 Å². The van der Waals surface area contributed by atoms with Crippen LogP contribution in [0.1, 0.15) is 77.6 Å². The zero-order valence-corrected chi connectivity index (χ0v) is 12.1. The molecule has 0 amide bonds. The van der Waals surface area contributed by atoms with E-state index in [4.69, 9.17) is 10.5 Å². The van der Waals surface area contributed by atoms with Crippen molar-refractivity contribution >= 4 is 5.97 Å². The fraction of sp³-hybridized carbons (Fsp3) is 0.933. The van der Waals surface area contributed by atoms with Gasteiger partial charge in [-0.25, -0.2) is 0 Å². The van der Waals surface area contributed by atoms with Crippen molar-refractivity contribution in [2.75, 3.05) is 13.2 Å². The van der Waals surface area contributed by atoms with Gasteiger partial charge in [-0.05, 0) is 25.8 Å². The predicted octanol–water partition coefficient (Wildman–Crippen LogP) is 3.80. The number of ether oxygens (including phenoxy) is 1. The minimum atomic E-state index is -0.0238. The number of unbranched alkanes of at least 4 members (excludes halogenated alkanes) is 8. The summed E-state index contributed by atoms with van der Waals surface area (Å²) in [5.41, 5.74) is 5.42. The fourth-order valence-corrected chi connectivity index (χ4v) is 1.91. The van der Waals surface area contributed by atoms with Crippen LogP contribution in [0.2, 0.25) is 0 Å². The van der Waals surface area contributed by atoms with E-state index in [1.807, 2.05) is 0 Å². The van der Waals surface area contributed by atoms with Crippen LogP contribution in [0.15, 0.2) is 0 Å². The second-order valence-electron chi connectivity index (χ2n) is 4.94. The zero-order chi connectivity index (χ0) is 13.5. The van der Waals surface area contributed by atoms with Crippen molar-refractivity contribution in [1.82, 2.24) is 0 Å². The van der Waals surface area contributed by atoms with Gasteiger partial charge in [0, 0.05) is 6.42 Å². The van der Waals surface area contributed by atoms with Gasteiger partial charge in [-0.15, -0.1) is 0 Å². The number of esters is 1. The molecule has 0 rings (SSSR count). The quantitative estimate of drug-likeness (QED) is 0.403. The third-order valence-electron chi connectivity index (χ3n) is 3.10. The van der Waals surface area contributed by atoms with E-state index in [2.05, 4.69) is 6.92 Å². The molecule has 3 heteroatoms. The normalized spacial score (nSPS) is 10.6.